The van der Waals surface area contributed by atoms with E-state index in [0.717, 1.165) is 10.9 Å². The maximum Gasteiger partial charge on any atom is 0.254 e. The summed E-state index contributed by atoms with van der Waals surface area (Å²) in [5, 5.41) is 0.870. The second kappa shape index (κ2) is 5.22. The van der Waals surface area contributed by atoms with Gasteiger partial charge in [0.15, 0.2) is 0 Å². The molecule has 1 amide bonds. The van der Waals surface area contributed by atoms with E-state index < -0.39 is 10.8 Å². The van der Waals surface area contributed by atoms with Gasteiger partial charge in [0.1, 0.15) is 0 Å². The minimum Gasteiger partial charge on any atom is -0.336 e. The van der Waals surface area contributed by atoms with Crippen LogP contribution < -0.4 is 0 Å². The minimum atomic E-state index is -0.878. The van der Waals surface area contributed by atoms with Crippen molar-refractivity contribution in [3.8, 4) is 0 Å². The lowest BCUT2D eigenvalue weighted by molar-refractivity contribution is 0.0748. The van der Waals surface area contributed by atoms with Gasteiger partial charge in [-0.25, -0.2) is 0 Å². The van der Waals surface area contributed by atoms with Gasteiger partial charge in [0.05, 0.1) is 10.3 Å². The molecule has 1 aliphatic rings. The monoisotopic (exact) mass is 302 g/mol. The first kappa shape index (κ1) is 14.2. The van der Waals surface area contributed by atoms with Crippen LogP contribution in [-0.2, 0) is 10.8 Å². The lowest BCUT2D eigenvalue weighted by Crippen LogP contribution is -2.52. The van der Waals surface area contributed by atoms with Gasteiger partial charge in [-0.2, -0.15) is 0 Å². The molecule has 0 saturated carbocycles. The summed E-state index contributed by atoms with van der Waals surface area (Å²) in [5.41, 5.74) is 1.49. The number of hydrogen-bond donors (Lipinski definition) is 0. The van der Waals surface area contributed by atoms with E-state index in [2.05, 4.69) is 4.98 Å². The zero-order valence-electron chi connectivity index (χ0n) is 12.2. The lowest BCUT2D eigenvalue weighted by Gasteiger charge is -2.37. The van der Waals surface area contributed by atoms with Gasteiger partial charge in [-0.15, -0.1) is 0 Å². The number of carbonyl (C=O) groups excluding carboxylic acids is 1. The third kappa shape index (κ3) is 2.58. The van der Waals surface area contributed by atoms with Crippen molar-refractivity contribution in [2.24, 2.45) is 0 Å². The smallest absolute Gasteiger partial charge is 0.254 e. The number of benzene rings is 1. The van der Waals surface area contributed by atoms with E-state index in [4.69, 9.17) is 0 Å². The van der Waals surface area contributed by atoms with E-state index in [-0.39, 0.29) is 10.7 Å². The van der Waals surface area contributed by atoms with Crippen LogP contribution in [0, 0.1) is 0 Å². The van der Waals surface area contributed by atoms with Gasteiger partial charge >= 0.3 is 0 Å². The Labute approximate surface area is 126 Å². The first-order chi connectivity index (χ1) is 9.99. The van der Waals surface area contributed by atoms with E-state index in [1.165, 1.54) is 0 Å². The molecule has 21 heavy (non-hydrogen) atoms. The Bertz CT molecular complexity index is 722. The first-order valence-electron chi connectivity index (χ1n) is 7.00. The molecule has 1 fully saturated rings. The van der Waals surface area contributed by atoms with E-state index in [1.54, 1.807) is 6.20 Å². The topological polar surface area (TPSA) is 50.3 Å². The van der Waals surface area contributed by atoms with Crippen LogP contribution in [0.25, 0.3) is 10.9 Å². The Balaban J connectivity index is 1.96. The van der Waals surface area contributed by atoms with Crippen LogP contribution in [-0.4, -0.2) is 43.6 Å². The Kier molecular flexibility index (Phi) is 3.53. The fourth-order valence-electron chi connectivity index (χ4n) is 2.71. The minimum absolute atomic E-state index is 0.00150. The predicted octanol–water partition coefficient (Wildman–Crippen LogP) is 2.22. The molecule has 1 atom stereocenters. The van der Waals surface area contributed by atoms with Gasteiger partial charge < -0.3 is 4.90 Å². The number of amides is 1. The quantitative estimate of drug-likeness (QED) is 0.811. The standard InChI is InChI=1S/C16H18N2O2S/c1-16(2)11-18(9-10-21(16)20)15(19)13-5-3-7-14-12(13)6-4-8-17-14/h3-8H,9-11H2,1-2H3/t21-/m0/s1. The second-order valence-corrected chi connectivity index (χ2v) is 8.12. The molecule has 0 radical (unpaired) electrons. The highest BCUT2D eigenvalue weighted by atomic mass is 32.2. The zero-order chi connectivity index (χ0) is 15.0. The summed E-state index contributed by atoms with van der Waals surface area (Å²) in [6.07, 6.45) is 1.73. The number of hydrogen-bond acceptors (Lipinski definition) is 3. The Morgan fingerprint density at radius 1 is 1.29 bits per heavy atom. The fraction of sp³-hybridized carbons (Fsp3) is 0.375. The highest BCUT2D eigenvalue weighted by molar-refractivity contribution is 7.86. The summed E-state index contributed by atoms with van der Waals surface area (Å²) >= 11 is 0. The summed E-state index contributed by atoms with van der Waals surface area (Å²) in [4.78, 5) is 18.9. The highest BCUT2D eigenvalue weighted by Gasteiger charge is 2.35. The number of fused-ring (bicyclic) bond motifs is 1. The maximum absolute atomic E-state index is 12.8. The van der Waals surface area contributed by atoms with Gasteiger partial charge in [-0.1, -0.05) is 12.1 Å². The number of nitrogens with zero attached hydrogens (tertiary/aromatic N) is 2. The number of carbonyl (C=O) groups is 1. The molecule has 1 aromatic heterocycles. The van der Waals surface area contributed by atoms with Crippen molar-refractivity contribution in [1.82, 2.24) is 9.88 Å². The van der Waals surface area contributed by atoms with E-state index in [9.17, 15) is 9.00 Å². The van der Waals surface area contributed by atoms with Crippen molar-refractivity contribution in [2.75, 3.05) is 18.8 Å². The molecule has 5 heteroatoms. The Hall–Kier alpha value is -1.75. The van der Waals surface area contributed by atoms with Crippen LogP contribution in [0.5, 0.6) is 0 Å². The van der Waals surface area contributed by atoms with E-state index in [1.807, 2.05) is 49.1 Å². The average molecular weight is 302 g/mol. The third-order valence-electron chi connectivity index (χ3n) is 3.90. The average Bonchev–Trinajstić information content (AvgIpc) is 2.48. The van der Waals surface area contributed by atoms with Crippen molar-refractivity contribution in [3.05, 3.63) is 42.1 Å². The molecule has 1 saturated heterocycles. The molecule has 0 aliphatic carbocycles. The molecule has 1 aromatic carbocycles. The van der Waals surface area contributed by atoms with Crippen LogP contribution in [0.4, 0.5) is 0 Å². The lowest BCUT2D eigenvalue weighted by atomic mass is 10.1. The zero-order valence-corrected chi connectivity index (χ0v) is 13.0. The van der Waals surface area contributed by atoms with Crippen molar-refractivity contribution < 1.29 is 9.00 Å². The van der Waals surface area contributed by atoms with Crippen molar-refractivity contribution >= 4 is 27.6 Å². The SMILES string of the molecule is CC1(C)CN(C(=O)c2cccc3ncccc23)CC[S@@]1=O. The summed E-state index contributed by atoms with van der Waals surface area (Å²) in [7, 11) is -0.878. The molecule has 4 nitrogen and oxygen atoms in total. The van der Waals surface area contributed by atoms with Gasteiger partial charge in [0, 0.05) is 46.8 Å². The molecule has 1 aliphatic heterocycles. The van der Waals surface area contributed by atoms with Gasteiger partial charge in [-0.3, -0.25) is 14.0 Å². The molecular formula is C16H18N2O2S. The van der Waals surface area contributed by atoms with Crippen molar-refractivity contribution in [1.29, 1.82) is 0 Å². The van der Waals surface area contributed by atoms with Crippen molar-refractivity contribution in [2.45, 2.75) is 18.6 Å². The summed E-state index contributed by atoms with van der Waals surface area (Å²) in [6, 6.07) is 9.36. The molecule has 0 N–H and O–H groups in total. The van der Waals surface area contributed by atoms with Crippen LogP contribution in [0.15, 0.2) is 36.5 Å². The number of pyridine rings is 1. The molecule has 0 bridgehead atoms. The van der Waals surface area contributed by atoms with E-state index >= 15 is 0 Å². The normalized spacial score (nSPS) is 21.4. The first-order valence-corrected chi connectivity index (χ1v) is 8.32. The highest BCUT2D eigenvalue weighted by Crippen LogP contribution is 2.24. The molecule has 0 spiro atoms. The summed E-state index contributed by atoms with van der Waals surface area (Å²) in [5.74, 6) is 0.542. The van der Waals surface area contributed by atoms with Crippen LogP contribution >= 0.6 is 0 Å². The predicted molar refractivity (Wildman–Crippen MR) is 84.7 cm³/mol. The third-order valence-corrected chi connectivity index (χ3v) is 5.81. The largest absolute Gasteiger partial charge is 0.336 e. The molecule has 3 rings (SSSR count). The van der Waals surface area contributed by atoms with E-state index in [0.29, 0.717) is 24.4 Å². The summed E-state index contributed by atoms with van der Waals surface area (Å²) < 4.78 is 11.6. The Morgan fingerprint density at radius 2 is 2.10 bits per heavy atom. The number of aromatic nitrogens is 1. The van der Waals surface area contributed by atoms with Crippen LogP contribution in [0.2, 0.25) is 0 Å². The second-order valence-electron chi connectivity index (χ2n) is 5.91. The van der Waals surface area contributed by atoms with Crippen LogP contribution in [0.3, 0.4) is 0 Å². The molecule has 2 heterocycles. The maximum atomic E-state index is 12.8. The van der Waals surface area contributed by atoms with Crippen molar-refractivity contribution in [3.63, 3.8) is 0 Å². The molecule has 2 aromatic rings. The summed E-state index contributed by atoms with van der Waals surface area (Å²) in [6.45, 7) is 4.97. The van der Waals surface area contributed by atoms with Gasteiger partial charge in [-0.05, 0) is 32.0 Å². The molecule has 0 unspecified atom stereocenters. The Morgan fingerprint density at radius 3 is 2.86 bits per heavy atom. The molecular weight excluding hydrogens is 284 g/mol. The number of rotatable bonds is 1. The van der Waals surface area contributed by atoms with Crippen LogP contribution in [0.1, 0.15) is 24.2 Å². The molecule has 110 valence electrons. The van der Waals surface area contributed by atoms with Gasteiger partial charge in [0.25, 0.3) is 5.91 Å². The fourth-order valence-corrected chi connectivity index (χ4v) is 3.95. The van der Waals surface area contributed by atoms with Gasteiger partial charge in [0.2, 0.25) is 0 Å².